The van der Waals surface area contributed by atoms with Crippen molar-refractivity contribution in [2.45, 2.75) is 156 Å². The number of hydrogen-bond donors (Lipinski definition) is 0. The van der Waals surface area contributed by atoms with E-state index in [2.05, 4.69) is 285 Å². The van der Waals surface area contributed by atoms with Crippen LogP contribution in [0, 0.1) is 0 Å². The summed E-state index contributed by atoms with van der Waals surface area (Å²) < 4.78 is 8.20. The van der Waals surface area contributed by atoms with Crippen LogP contribution in [0.5, 0.6) is 0 Å². The maximum atomic E-state index is 2.74. The molecule has 0 radical (unpaired) electrons. The third-order valence-corrected chi connectivity index (χ3v) is 19.4. The summed E-state index contributed by atoms with van der Waals surface area (Å²) in [4.78, 5) is 5.21. The van der Waals surface area contributed by atoms with Gasteiger partial charge >= 0.3 is 0 Å². The fourth-order valence-electron chi connectivity index (χ4n) is 15.0. The first-order chi connectivity index (χ1) is 43.0. The Balaban J connectivity index is 1.11. The Morgan fingerprint density at radius 3 is 1.18 bits per heavy atom. The lowest BCUT2D eigenvalue weighted by molar-refractivity contribution is 0.590. The molecule has 0 atom stereocenters. The third-order valence-electron chi connectivity index (χ3n) is 19.4. The minimum atomic E-state index is -0.0566. The van der Waals surface area contributed by atoms with Crippen molar-refractivity contribution < 1.29 is 0 Å². The van der Waals surface area contributed by atoms with Crippen LogP contribution in [0.3, 0.4) is 0 Å². The van der Waals surface area contributed by atoms with E-state index in [9.17, 15) is 0 Å². The van der Waals surface area contributed by atoms with Gasteiger partial charge in [0.15, 0.2) is 0 Å². The van der Waals surface area contributed by atoms with Crippen molar-refractivity contribution in [2.75, 3.05) is 9.80 Å². The number of allylic oxidation sites excluding steroid dienone is 4. The average molecular weight is 1150 g/mol. The van der Waals surface area contributed by atoms with Crippen LogP contribution in [0.1, 0.15) is 144 Å². The highest BCUT2D eigenvalue weighted by Crippen LogP contribution is 2.52. The van der Waals surface area contributed by atoms with E-state index in [0.29, 0.717) is 0 Å². The second-order valence-electron chi connectivity index (χ2n) is 27.3. The van der Waals surface area contributed by atoms with E-state index in [1.165, 1.54) is 154 Å². The summed E-state index contributed by atoms with van der Waals surface area (Å²) in [5.41, 5.74) is 22.7. The lowest BCUT2D eigenvalue weighted by Crippen LogP contribution is -2.61. The van der Waals surface area contributed by atoms with Gasteiger partial charge in [-0.25, -0.2) is 0 Å². The number of benzene rings is 9. The number of rotatable bonds is 19. The van der Waals surface area contributed by atoms with Gasteiger partial charge < -0.3 is 23.5 Å². The van der Waals surface area contributed by atoms with Crippen molar-refractivity contribution in [3.05, 3.63) is 217 Å². The number of nitrogens with zero attached hydrogens (tertiary/aromatic N) is 5. The molecule has 442 valence electrons. The van der Waals surface area contributed by atoms with Gasteiger partial charge in [-0.15, -0.1) is 0 Å². The van der Waals surface area contributed by atoms with E-state index >= 15 is 0 Å². The molecule has 0 unspecified atom stereocenters. The molecule has 0 N–H and O–H groups in total. The summed E-state index contributed by atoms with van der Waals surface area (Å²) in [6, 6.07) is 70.5. The molecule has 9 aromatic carbocycles. The van der Waals surface area contributed by atoms with Gasteiger partial charge in [-0.1, -0.05) is 221 Å². The molecule has 0 saturated heterocycles. The van der Waals surface area contributed by atoms with Crippen molar-refractivity contribution in [1.82, 2.24) is 13.7 Å². The summed E-state index contributed by atoms with van der Waals surface area (Å²) in [5.74, 6) is 0. The van der Waals surface area contributed by atoms with Crippen LogP contribution in [0.25, 0.3) is 71.1 Å². The van der Waals surface area contributed by atoms with Crippen molar-refractivity contribution in [3.8, 4) is 5.69 Å². The molecule has 0 spiro atoms. The van der Waals surface area contributed by atoms with Crippen molar-refractivity contribution in [2.24, 2.45) is 0 Å². The Labute approximate surface area is 522 Å². The fraction of sp³-hybridized carbons (Fsp3) is 0.293. The Hall–Kier alpha value is -8.48. The molecule has 6 heteroatoms. The number of aryl methyl sites for hydroxylation is 2. The molecular formula is C82H86BN5. The molecule has 0 amide bonds. The van der Waals surface area contributed by atoms with Gasteiger partial charge in [-0.3, -0.25) is 0 Å². The van der Waals surface area contributed by atoms with Crippen molar-refractivity contribution >= 4 is 123 Å². The summed E-state index contributed by atoms with van der Waals surface area (Å²) in [6.45, 7) is 20.6. The van der Waals surface area contributed by atoms with E-state index in [4.69, 9.17) is 0 Å². The minimum Gasteiger partial charge on any atom is -0.340 e. The Morgan fingerprint density at radius 1 is 0.364 bits per heavy atom. The van der Waals surface area contributed by atoms with Crippen LogP contribution >= 0.6 is 0 Å². The zero-order valence-corrected chi connectivity index (χ0v) is 53.3. The van der Waals surface area contributed by atoms with Crippen LogP contribution in [-0.2, 0) is 23.9 Å². The zero-order valence-electron chi connectivity index (χ0n) is 53.3. The van der Waals surface area contributed by atoms with Gasteiger partial charge in [0.1, 0.15) is 0 Å². The van der Waals surface area contributed by atoms with Gasteiger partial charge in [-0.05, 0) is 156 Å². The van der Waals surface area contributed by atoms with E-state index < -0.39 is 0 Å². The molecule has 2 aliphatic rings. The third kappa shape index (κ3) is 9.86. The van der Waals surface area contributed by atoms with E-state index in [-0.39, 0.29) is 17.5 Å². The largest absolute Gasteiger partial charge is 0.340 e. The number of fused-ring (bicyclic) bond motifs is 16. The quantitative estimate of drug-likeness (QED) is 0.0457. The smallest absolute Gasteiger partial charge is 0.252 e. The molecule has 5 nitrogen and oxygen atoms in total. The highest BCUT2D eigenvalue weighted by molar-refractivity contribution is 7.00. The Kier molecular flexibility index (Phi) is 15.3. The molecule has 0 fully saturated rings. The zero-order chi connectivity index (χ0) is 60.3. The lowest BCUT2D eigenvalue weighted by atomic mass is 9.33. The molecule has 14 rings (SSSR count). The number of unbranched alkanes of at least 4 members (excludes halogenated alkanes) is 8. The van der Waals surface area contributed by atoms with Crippen molar-refractivity contribution in [3.63, 3.8) is 0 Å². The van der Waals surface area contributed by atoms with Gasteiger partial charge in [0.2, 0.25) is 0 Å². The standard InChI is InChI=1S/C82H86BN5/c1-9-11-13-15-17-19-21-35-51-84-67-44-32-29-41-62(67)74-78-75(63-42-30-33-45-68(63)85(78)52-36-22-20-18-16-14-12-10-2)80-76(79(74)84)64-43-31-34-46-69(64)88(80)61-55-72-77-73(56-61)87(60-39-27-24-28-40-60)71-50-48-58(82(6,7)8)54-66(71)83(77)65-53-57(81(3,4)5)47-49-70(65)86(72)59-37-25-23-26-38-59/h15-18,23-34,37-50,53-56H,9-14,19-22,35-36,51-52H2,1-8H3/b17-15+,18-16+. The average Bonchev–Trinajstić information content (AvgIpc) is 0.924. The first kappa shape index (κ1) is 57.3. The molecule has 88 heavy (non-hydrogen) atoms. The fourth-order valence-corrected chi connectivity index (χ4v) is 15.0. The van der Waals surface area contributed by atoms with Crippen LogP contribution in [0.2, 0.25) is 0 Å². The number of hydrogen-bond acceptors (Lipinski definition) is 2. The molecule has 0 saturated carbocycles. The van der Waals surface area contributed by atoms with Gasteiger partial charge in [0.25, 0.3) is 6.71 Å². The summed E-state index contributed by atoms with van der Waals surface area (Å²) in [5, 5.41) is 7.97. The first-order valence-corrected chi connectivity index (χ1v) is 33.3. The summed E-state index contributed by atoms with van der Waals surface area (Å²) >= 11 is 0. The molecule has 2 aliphatic heterocycles. The molecule has 5 heterocycles. The van der Waals surface area contributed by atoms with Crippen LogP contribution < -0.4 is 26.2 Å². The number of aromatic nitrogens is 3. The van der Waals surface area contributed by atoms with E-state index in [1.54, 1.807) is 0 Å². The SMILES string of the molecule is CCCC/C=C/CCCCn1c2ccccc2c2c1c1c3ccccc3n(-c3cc4c5c(c3)N(c3ccccc3)c3ccc(C(C)(C)C)cc3B5c3cc(C(C)(C)C)ccc3N4c3ccccc3)c1c1c3ccccc3n(CCCC/C=C/CCCC)c21. The second-order valence-corrected chi connectivity index (χ2v) is 27.3. The van der Waals surface area contributed by atoms with Crippen LogP contribution in [0.4, 0.5) is 34.1 Å². The topological polar surface area (TPSA) is 21.3 Å². The monoisotopic (exact) mass is 1150 g/mol. The molecule has 0 aliphatic carbocycles. The highest BCUT2D eigenvalue weighted by Gasteiger charge is 2.45. The number of anilines is 6. The molecule has 12 aromatic rings. The highest BCUT2D eigenvalue weighted by atomic mass is 15.2. The first-order valence-electron chi connectivity index (χ1n) is 33.3. The second kappa shape index (κ2) is 23.6. The maximum absolute atomic E-state index is 2.74. The van der Waals surface area contributed by atoms with Crippen molar-refractivity contribution in [1.29, 1.82) is 0 Å². The van der Waals surface area contributed by atoms with Crippen LogP contribution in [-0.4, -0.2) is 20.4 Å². The Morgan fingerprint density at radius 2 is 0.750 bits per heavy atom. The van der Waals surface area contributed by atoms with E-state index in [0.717, 1.165) is 68.7 Å². The Bertz CT molecular complexity index is 4440. The summed E-state index contributed by atoms with van der Waals surface area (Å²) in [7, 11) is 0. The van der Waals surface area contributed by atoms with E-state index in [1.807, 2.05) is 0 Å². The normalized spacial score (nSPS) is 13.5. The predicted molar refractivity (Wildman–Crippen MR) is 383 cm³/mol. The molecular weight excluding hydrogens is 1070 g/mol. The minimum absolute atomic E-state index is 0.0367. The molecule has 3 aromatic heterocycles. The summed E-state index contributed by atoms with van der Waals surface area (Å²) in [6.07, 6.45) is 23.7. The molecule has 0 bridgehead atoms. The predicted octanol–water partition coefficient (Wildman–Crippen LogP) is 21.5. The van der Waals surface area contributed by atoms with Gasteiger partial charge in [-0.2, -0.15) is 0 Å². The van der Waals surface area contributed by atoms with Gasteiger partial charge in [0, 0.05) is 90.6 Å². The van der Waals surface area contributed by atoms with Crippen LogP contribution in [0.15, 0.2) is 206 Å². The number of para-hydroxylation sites is 5. The lowest BCUT2D eigenvalue weighted by Gasteiger charge is -2.45. The maximum Gasteiger partial charge on any atom is 0.252 e. The van der Waals surface area contributed by atoms with Gasteiger partial charge in [0.05, 0.1) is 27.8 Å².